The van der Waals surface area contributed by atoms with Crippen molar-refractivity contribution in [2.24, 2.45) is 0 Å². The summed E-state index contributed by atoms with van der Waals surface area (Å²) < 4.78 is 0. The van der Waals surface area contributed by atoms with Gasteiger partial charge < -0.3 is 0 Å². The van der Waals surface area contributed by atoms with Gasteiger partial charge in [0.1, 0.15) is 0 Å². The Kier molecular flexibility index (Phi) is 4.70. The van der Waals surface area contributed by atoms with Crippen molar-refractivity contribution < 1.29 is 0 Å². The second kappa shape index (κ2) is 6.41. The number of rotatable bonds is 0. The maximum Gasteiger partial charge on any atom is -0.0157 e. The van der Waals surface area contributed by atoms with Crippen molar-refractivity contribution in [2.45, 2.75) is 12.8 Å². The van der Waals surface area contributed by atoms with E-state index in [2.05, 4.69) is 30.4 Å². The van der Waals surface area contributed by atoms with Crippen molar-refractivity contribution in [1.29, 1.82) is 0 Å². The molecular weight excluding hydrogens is 144 g/mol. The smallest absolute Gasteiger partial charge is 0.0157 e. The zero-order valence-electron chi connectivity index (χ0n) is 7.11. The average molecular weight is 157 g/mol. The highest BCUT2D eigenvalue weighted by Gasteiger charge is 1.72. The first kappa shape index (κ1) is 8.79. The van der Waals surface area contributed by atoms with Crippen LogP contribution in [0.2, 0.25) is 0 Å². The summed E-state index contributed by atoms with van der Waals surface area (Å²) in [4.78, 5) is 0. The van der Waals surface area contributed by atoms with Gasteiger partial charge in [-0.2, -0.15) is 0 Å². The quantitative estimate of drug-likeness (QED) is 0.505. The fourth-order valence-electron chi connectivity index (χ4n) is 0.861. The summed E-state index contributed by atoms with van der Waals surface area (Å²) in [6, 6.07) is 0. The second-order valence-corrected chi connectivity index (χ2v) is 2.49. The minimum Gasteiger partial charge on any atom is -0.0807 e. The molecule has 1 radical (unpaired) electrons. The van der Waals surface area contributed by atoms with Crippen molar-refractivity contribution >= 4 is 0 Å². The molecule has 0 aromatic carbocycles. The monoisotopic (exact) mass is 157 g/mol. The summed E-state index contributed by atoms with van der Waals surface area (Å²) in [5, 5.41) is 0. The average Bonchev–Trinajstić information content (AvgIpc) is 2.05. The molecule has 0 heterocycles. The lowest BCUT2D eigenvalue weighted by atomic mass is 10.2. The predicted octanol–water partition coefficient (Wildman–Crippen LogP) is 3.36. The molecule has 0 aliphatic heterocycles. The molecule has 0 unspecified atom stereocenters. The van der Waals surface area contributed by atoms with Gasteiger partial charge in [0.05, 0.1) is 0 Å². The van der Waals surface area contributed by atoms with Gasteiger partial charge in [0.15, 0.2) is 0 Å². The van der Waals surface area contributed by atoms with E-state index in [0.29, 0.717) is 0 Å². The first-order valence-electron chi connectivity index (χ1n) is 4.21. The van der Waals surface area contributed by atoms with Gasteiger partial charge in [-0.05, 0) is 18.9 Å². The fraction of sp³-hybridized carbons (Fsp3) is 0.167. The van der Waals surface area contributed by atoms with E-state index in [9.17, 15) is 0 Å². The third kappa shape index (κ3) is 4.51. The summed E-state index contributed by atoms with van der Waals surface area (Å²) in [5.74, 6) is 0. The number of allylic oxidation sites excluding steroid dienone is 10. The maximum atomic E-state index is 3.09. The molecule has 12 heavy (non-hydrogen) atoms. The standard InChI is InChI=1S/C12H13/c1-2-4-6-8-10-12-11-9-7-5-3-1/h1-6,9-11H,7-8H2/b2-1+,5-3-,6-4-,11-9+,12-10?. The van der Waals surface area contributed by atoms with Gasteiger partial charge in [-0.15, -0.1) is 0 Å². The lowest BCUT2D eigenvalue weighted by Crippen LogP contribution is -1.62. The van der Waals surface area contributed by atoms with Crippen molar-refractivity contribution in [2.75, 3.05) is 0 Å². The number of hydrogen-bond acceptors (Lipinski definition) is 0. The molecule has 1 aliphatic rings. The molecule has 0 saturated heterocycles. The largest absolute Gasteiger partial charge is 0.0807 e. The molecule has 0 bridgehead atoms. The molecule has 0 fully saturated rings. The molecule has 0 heteroatoms. The Morgan fingerprint density at radius 2 is 1.50 bits per heavy atom. The first-order chi connectivity index (χ1) is 6.00. The van der Waals surface area contributed by atoms with Gasteiger partial charge in [-0.25, -0.2) is 0 Å². The highest BCUT2D eigenvalue weighted by Crippen LogP contribution is 1.92. The highest BCUT2D eigenvalue weighted by molar-refractivity contribution is 5.14. The number of hydrogen-bond donors (Lipinski definition) is 0. The zero-order chi connectivity index (χ0) is 8.49. The molecule has 0 spiro atoms. The van der Waals surface area contributed by atoms with Crippen LogP contribution in [-0.2, 0) is 0 Å². The third-order valence-corrected chi connectivity index (χ3v) is 1.46. The van der Waals surface area contributed by atoms with Crippen molar-refractivity contribution in [1.82, 2.24) is 0 Å². The van der Waals surface area contributed by atoms with Crippen LogP contribution in [0.4, 0.5) is 0 Å². The van der Waals surface area contributed by atoms with Crippen molar-refractivity contribution in [3.8, 4) is 0 Å². The maximum absolute atomic E-state index is 3.09. The molecule has 0 nitrogen and oxygen atoms in total. The molecule has 0 atom stereocenters. The second-order valence-electron chi connectivity index (χ2n) is 2.49. The van der Waals surface area contributed by atoms with Gasteiger partial charge in [0, 0.05) is 0 Å². The van der Waals surface area contributed by atoms with Crippen LogP contribution in [0.5, 0.6) is 0 Å². The van der Waals surface area contributed by atoms with Crippen molar-refractivity contribution in [3.05, 3.63) is 60.8 Å². The van der Waals surface area contributed by atoms with Crippen LogP contribution in [0.25, 0.3) is 0 Å². The van der Waals surface area contributed by atoms with Crippen molar-refractivity contribution in [3.63, 3.8) is 0 Å². The van der Waals surface area contributed by atoms with E-state index in [-0.39, 0.29) is 0 Å². The summed E-state index contributed by atoms with van der Waals surface area (Å²) >= 11 is 0. The van der Waals surface area contributed by atoms with E-state index in [0.717, 1.165) is 12.8 Å². The van der Waals surface area contributed by atoms with Crippen LogP contribution >= 0.6 is 0 Å². The normalized spacial score (nSPS) is 30.7. The zero-order valence-corrected chi connectivity index (χ0v) is 7.11. The van der Waals surface area contributed by atoms with Gasteiger partial charge >= 0.3 is 0 Å². The van der Waals surface area contributed by atoms with Crippen LogP contribution in [0, 0.1) is 6.08 Å². The first-order valence-corrected chi connectivity index (χ1v) is 4.21. The van der Waals surface area contributed by atoms with Crippen LogP contribution in [0.15, 0.2) is 54.7 Å². The van der Waals surface area contributed by atoms with Crippen LogP contribution in [0.3, 0.4) is 0 Å². The summed E-state index contributed by atoms with van der Waals surface area (Å²) in [6.07, 6.45) is 23.5. The van der Waals surface area contributed by atoms with Crippen LogP contribution < -0.4 is 0 Å². The topological polar surface area (TPSA) is 0 Å². The molecule has 1 aliphatic carbocycles. The van der Waals surface area contributed by atoms with Gasteiger partial charge in [0.2, 0.25) is 0 Å². The van der Waals surface area contributed by atoms with Crippen LogP contribution in [0.1, 0.15) is 12.8 Å². The lowest BCUT2D eigenvalue weighted by Gasteiger charge is -1.82. The summed E-state index contributed by atoms with van der Waals surface area (Å²) in [6.45, 7) is 0. The highest BCUT2D eigenvalue weighted by atomic mass is 13.8. The lowest BCUT2D eigenvalue weighted by molar-refractivity contribution is 1.35. The molecular formula is C12H13. The summed E-state index contributed by atoms with van der Waals surface area (Å²) in [5.41, 5.74) is 0. The SMILES string of the molecule is [C]1=C\C\C=C/C=C/C=C\C/C=C/1. The Morgan fingerprint density at radius 1 is 0.750 bits per heavy atom. The van der Waals surface area contributed by atoms with E-state index < -0.39 is 0 Å². The molecule has 0 saturated carbocycles. The molecule has 0 aromatic heterocycles. The Bertz CT molecular complexity index is 211. The fourth-order valence-corrected chi connectivity index (χ4v) is 0.861. The Labute approximate surface area is 74.3 Å². The van der Waals surface area contributed by atoms with E-state index in [1.54, 1.807) is 0 Å². The van der Waals surface area contributed by atoms with E-state index in [1.807, 2.05) is 30.4 Å². The molecule has 61 valence electrons. The van der Waals surface area contributed by atoms with Crippen LogP contribution in [-0.4, -0.2) is 0 Å². The Morgan fingerprint density at radius 3 is 2.33 bits per heavy atom. The predicted molar refractivity (Wildman–Crippen MR) is 53.6 cm³/mol. The molecule has 0 N–H and O–H groups in total. The minimum absolute atomic E-state index is 0.957. The van der Waals surface area contributed by atoms with E-state index in [1.165, 1.54) is 0 Å². The van der Waals surface area contributed by atoms with Gasteiger partial charge in [-0.3, -0.25) is 0 Å². The molecule has 1 rings (SSSR count). The third-order valence-electron chi connectivity index (χ3n) is 1.46. The Hall–Kier alpha value is -1.30. The minimum atomic E-state index is 0.957. The van der Waals surface area contributed by atoms with Gasteiger partial charge in [-0.1, -0.05) is 54.7 Å². The molecule has 0 amide bonds. The Balaban J connectivity index is 2.55. The molecule has 0 aromatic rings. The summed E-state index contributed by atoms with van der Waals surface area (Å²) in [7, 11) is 0. The van der Waals surface area contributed by atoms with Gasteiger partial charge in [0.25, 0.3) is 0 Å². The van der Waals surface area contributed by atoms with E-state index >= 15 is 0 Å². The van der Waals surface area contributed by atoms with E-state index in [4.69, 9.17) is 0 Å².